The highest BCUT2D eigenvalue weighted by Crippen LogP contribution is 2.21. The van der Waals surface area contributed by atoms with Crippen molar-refractivity contribution in [2.45, 2.75) is 26.9 Å². The van der Waals surface area contributed by atoms with E-state index >= 15 is 0 Å². The van der Waals surface area contributed by atoms with Crippen LogP contribution in [0.5, 0.6) is 0 Å². The zero-order chi connectivity index (χ0) is 18.3. The van der Waals surface area contributed by atoms with E-state index in [0.29, 0.717) is 29.3 Å². The lowest BCUT2D eigenvalue weighted by atomic mass is 10.2. The Hall–Kier alpha value is -2.86. The van der Waals surface area contributed by atoms with Gasteiger partial charge < -0.3 is 5.32 Å². The van der Waals surface area contributed by atoms with Gasteiger partial charge in [-0.25, -0.2) is 0 Å². The number of nitrogens with one attached hydrogen (secondary N) is 1. The summed E-state index contributed by atoms with van der Waals surface area (Å²) >= 11 is 6.19. The van der Waals surface area contributed by atoms with Crippen molar-refractivity contribution in [3.8, 4) is 0 Å². The molecule has 6 nitrogen and oxygen atoms in total. The summed E-state index contributed by atoms with van der Waals surface area (Å²) in [7, 11) is 0. The largest absolute Gasteiger partial charge is 0.378 e. The molecule has 0 bridgehead atoms. The highest BCUT2D eigenvalue weighted by molar-refractivity contribution is 6.31. The smallest absolute Gasteiger partial charge is 0.262 e. The molecule has 0 radical (unpaired) electrons. The van der Waals surface area contributed by atoms with Gasteiger partial charge in [-0.2, -0.15) is 0 Å². The van der Waals surface area contributed by atoms with Crippen LogP contribution in [-0.2, 0) is 13.1 Å². The highest BCUT2D eigenvalue weighted by atomic mass is 35.5. The van der Waals surface area contributed by atoms with Gasteiger partial charge in [-0.3, -0.25) is 13.8 Å². The van der Waals surface area contributed by atoms with Crippen LogP contribution in [0.3, 0.4) is 0 Å². The van der Waals surface area contributed by atoms with Crippen molar-refractivity contribution in [2.75, 3.05) is 5.32 Å². The summed E-state index contributed by atoms with van der Waals surface area (Å²) in [4.78, 5) is 12.7. The number of fused-ring (bicyclic) bond motifs is 3. The molecule has 0 spiro atoms. The maximum Gasteiger partial charge on any atom is 0.262 e. The van der Waals surface area contributed by atoms with Gasteiger partial charge in [-0.15, -0.1) is 10.2 Å². The average Bonchev–Trinajstić information content (AvgIpc) is 3.07. The molecule has 0 saturated heterocycles. The number of aryl methyl sites for hydroxylation is 2. The first kappa shape index (κ1) is 16.6. The predicted molar refractivity (Wildman–Crippen MR) is 104 cm³/mol. The Morgan fingerprint density at radius 3 is 2.73 bits per heavy atom. The van der Waals surface area contributed by atoms with Crippen LogP contribution >= 0.6 is 11.6 Å². The number of rotatable bonds is 4. The zero-order valence-corrected chi connectivity index (χ0v) is 15.3. The lowest BCUT2D eigenvalue weighted by Crippen LogP contribution is -2.22. The summed E-state index contributed by atoms with van der Waals surface area (Å²) in [6.07, 6.45) is 0. The molecular formula is C19H18ClN5O. The summed E-state index contributed by atoms with van der Waals surface area (Å²) < 4.78 is 3.57. The highest BCUT2D eigenvalue weighted by Gasteiger charge is 2.15. The monoisotopic (exact) mass is 367 g/mol. The van der Waals surface area contributed by atoms with Crippen LogP contribution in [0.25, 0.3) is 16.7 Å². The number of benzene rings is 2. The molecule has 2 heterocycles. The van der Waals surface area contributed by atoms with E-state index in [1.807, 2.05) is 60.7 Å². The molecule has 2 aromatic heterocycles. The van der Waals surface area contributed by atoms with E-state index in [-0.39, 0.29) is 5.56 Å². The van der Waals surface area contributed by atoms with Crippen LogP contribution in [-0.4, -0.2) is 19.2 Å². The molecule has 26 heavy (non-hydrogen) atoms. The van der Waals surface area contributed by atoms with Crippen LogP contribution in [0.1, 0.15) is 18.3 Å². The van der Waals surface area contributed by atoms with Gasteiger partial charge in [0.25, 0.3) is 5.56 Å². The standard InChI is InChI=1S/C19H18ClN5O/c1-3-24-18(26)14-6-4-5-7-16(14)25-17(22-23-19(24)25)11-21-13-9-8-12(2)15(20)10-13/h4-10,21H,3,11H2,1-2H3. The van der Waals surface area contributed by atoms with Gasteiger partial charge in [-0.1, -0.05) is 29.8 Å². The second kappa shape index (κ2) is 6.46. The third kappa shape index (κ3) is 2.63. The second-order valence-corrected chi connectivity index (χ2v) is 6.54. The Kier molecular flexibility index (Phi) is 4.12. The molecule has 4 aromatic rings. The van der Waals surface area contributed by atoms with Gasteiger partial charge in [0.05, 0.1) is 17.4 Å². The molecule has 0 amide bonds. The normalized spacial score (nSPS) is 11.3. The molecule has 0 aliphatic carbocycles. The zero-order valence-electron chi connectivity index (χ0n) is 14.5. The maximum atomic E-state index is 12.7. The fraction of sp³-hybridized carbons (Fsp3) is 0.211. The van der Waals surface area contributed by atoms with Crippen LogP contribution in [0.2, 0.25) is 5.02 Å². The number of hydrogen-bond acceptors (Lipinski definition) is 4. The topological polar surface area (TPSA) is 64.2 Å². The summed E-state index contributed by atoms with van der Waals surface area (Å²) in [5.41, 5.74) is 2.70. The average molecular weight is 368 g/mol. The number of halogens is 1. The van der Waals surface area contributed by atoms with E-state index in [1.165, 1.54) is 0 Å². The summed E-state index contributed by atoms with van der Waals surface area (Å²) in [6, 6.07) is 13.4. The van der Waals surface area contributed by atoms with Crippen molar-refractivity contribution in [2.24, 2.45) is 0 Å². The Morgan fingerprint density at radius 2 is 1.96 bits per heavy atom. The molecule has 1 N–H and O–H groups in total. The van der Waals surface area contributed by atoms with Crippen molar-refractivity contribution < 1.29 is 0 Å². The third-order valence-electron chi connectivity index (χ3n) is 4.51. The number of nitrogens with zero attached hydrogens (tertiary/aromatic N) is 4. The van der Waals surface area contributed by atoms with E-state index in [4.69, 9.17) is 11.6 Å². The predicted octanol–water partition coefficient (Wildman–Crippen LogP) is 3.64. The Balaban J connectivity index is 1.82. The molecule has 4 rings (SSSR count). The minimum atomic E-state index is -0.0483. The molecule has 0 fully saturated rings. The van der Waals surface area contributed by atoms with Crippen molar-refractivity contribution >= 4 is 34.0 Å². The molecule has 0 unspecified atom stereocenters. The molecule has 132 valence electrons. The number of anilines is 1. The summed E-state index contributed by atoms with van der Waals surface area (Å²) in [6.45, 7) is 4.89. The van der Waals surface area contributed by atoms with Gasteiger partial charge >= 0.3 is 0 Å². The van der Waals surface area contributed by atoms with Gasteiger partial charge in [0.15, 0.2) is 5.82 Å². The minimum Gasteiger partial charge on any atom is -0.378 e. The molecular weight excluding hydrogens is 350 g/mol. The molecule has 0 atom stereocenters. The first-order valence-electron chi connectivity index (χ1n) is 8.45. The van der Waals surface area contributed by atoms with Gasteiger partial charge in [0, 0.05) is 17.3 Å². The summed E-state index contributed by atoms with van der Waals surface area (Å²) in [5.74, 6) is 1.28. The Bertz CT molecular complexity index is 1180. The van der Waals surface area contributed by atoms with Crippen LogP contribution in [0.15, 0.2) is 47.3 Å². The SMILES string of the molecule is CCn1c(=O)c2ccccc2n2c(CNc3ccc(C)c(Cl)c3)nnc12. The lowest BCUT2D eigenvalue weighted by Gasteiger charge is -2.11. The van der Waals surface area contributed by atoms with Gasteiger partial charge in [0.2, 0.25) is 5.78 Å². The first-order chi connectivity index (χ1) is 12.6. The van der Waals surface area contributed by atoms with E-state index < -0.39 is 0 Å². The molecule has 0 saturated carbocycles. The van der Waals surface area contributed by atoms with E-state index in [0.717, 1.165) is 22.6 Å². The molecule has 2 aromatic carbocycles. The van der Waals surface area contributed by atoms with Gasteiger partial charge in [-0.05, 0) is 43.7 Å². The fourth-order valence-corrected chi connectivity index (χ4v) is 3.28. The fourth-order valence-electron chi connectivity index (χ4n) is 3.10. The van der Waals surface area contributed by atoms with Crippen molar-refractivity contribution in [3.05, 3.63) is 69.2 Å². The maximum absolute atomic E-state index is 12.7. The van der Waals surface area contributed by atoms with Crippen LogP contribution in [0.4, 0.5) is 5.69 Å². The van der Waals surface area contributed by atoms with Crippen molar-refractivity contribution in [1.29, 1.82) is 0 Å². The summed E-state index contributed by atoms with van der Waals surface area (Å²) in [5, 5.41) is 13.3. The molecule has 7 heteroatoms. The van der Waals surface area contributed by atoms with E-state index in [1.54, 1.807) is 4.57 Å². The minimum absolute atomic E-state index is 0.0483. The quantitative estimate of drug-likeness (QED) is 0.598. The van der Waals surface area contributed by atoms with E-state index in [2.05, 4.69) is 15.5 Å². The number of hydrogen-bond donors (Lipinski definition) is 1. The van der Waals surface area contributed by atoms with Crippen LogP contribution < -0.4 is 10.9 Å². The van der Waals surface area contributed by atoms with Crippen LogP contribution in [0, 0.1) is 6.92 Å². The van der Waals surface area contributed by atoms with E-state index in [9.17, 15) is 4.79 Å². The Labute approximate surface area is 155 Å². The molecule has 0 aliphatic heterocycles. The number of aromatic nitrogens is 4. The Morgan fingerprint density at radius 1 is 1.15 bits per heavy atom. The lowest BCUT2D eigenvalue weighted by molar-refractivity contribution is 0.734. The molecule has 0 aliphatic rings. The third-order valence-corrected chi connectivity index (χ3v) is 4.92. The van der Waals surface area contributed by atoms with Gasteiger partial charge in [0.1, 0.15) is 0 Å². The van der Waals surface area contributed by atoms with Crippen molar-refractivity contribution in [3.63, 3.8) is 0 Å². The number of para-hydroxylation sites is 1. The second-order valence-electron chi connectivity index (χ2n) is 6.14. The van der Waals surface area contributed by atoms with Crippen molar-refractivity contribution in [1.82, 2.24) is 19.2 Å². The first-order valence-corrected chi connectivity index (χ1v) is 8.83.